The molecule has 0 N–H and O–H groups in total. The molecule has 4 nitrogen and oxygen atoms in total. The highest BCUT2D eigenvalue weighted by Crippen LogP contribution is 2.33. The van der Waals surface area contributed by atoms with Gasteiger partial charge in [0, 0.05) is 25.6 Å². The summed E-state index contributed by atoms with van der Waals surface area (Å²) in [7, 11) is 0. The molecule has 0 aromatic heterocycles. The van der Waals surface area contributed by atoms with E-state index in [1.54, 1.807) is 0 Å². The Balaban J connectivity index is 1.87. The second-order valence-electron chi connectivity index (χ2n) is 5.44. The summed E-state index contributed by atoms with van der Waals surface area (Å²) in [4.78, 5) is 27.6. The summed E-state index contributed by atoms with van der Waals surface area (Å²) in [5.41, 5.74) is 1.77. The third-order valence-electron chi connectivity index (χ3n) is 4.02. The Bertz CT molecular complexity index is 626. The van der Waals surface area contributed by atoms with Crippen molar-refractivity contribution in [1.29, 1.82) is 0 Å². The Kier molecular flexibility index (Phi) is 3.49. The summed E-state index contributed by atoms with van der Waals surface area (Å²) in [6.45, 7) is 1.97. The number of halogens is 1. The lowest BCUT2D eigenvalue weighted by molar-refractivity contribution is -0.134. The Morgan fingerprint density at radius 1 is 1.29 bits per heavy atom. The maximum Gasteiger partial charge on any atom is 0.246 e. The van der Waals surface area contributed by atoms with Crippen LogP contribution in [0.15, 0.2) is 36.2 Å². The van der Waals surface area contributed by atoms with E-state index in [0.717, 1.165) is 11.3 Å². The van der Waals surface area contributed by atoms with Crippen LogP contribution in [0, 0.1) is 0 Å². The van der Waals surface area contributed by atoms with Gasteiger partial charge >= 0.3 is 0 Å². The van der Waals surface area contributed by atoms with Gasteiger partial charge in [-0.05, 0) is 24.1 Å². The van der Waals surface area contributed by atoms with Crippen molar-refractivity contribution >= 4 is 17.5 Å². The first-order chi connectivity index (χ1) is 10.1. The van der Waals surface area contributed by atoms with Gasteiger partial charge in [-0.25, -0.2) is 4.39 Å². The number of nitrogens with zero attached hydrogens (tertiary/aromatic N) is 2. The van der Waals surface area contributed by atoms with Crippen LogP contribution in [0.5, 0.6) is 0 Å². The van der Waals surface area contributed by atoms with Crippen molar-refractivity contribution in [3.8, 4) is 0 Å². The van der Waals surface area contributed by atoms with Crippen molar-refractivity contribution in [2.75, 3.05) is 18.0 Å². The van der Waals surface area contributed by atoms with Gasteiger partial charge in [0.2, 0.25) is 11.8 Å². The zero-order valence-electron chi connectivity index (χ0n) is 11.9. The summed E-state index contributed by atoms with van der Waals surface area (Å²) in [5, 5.41) is 0. The molecule has 110 valence electrons. The van der Waals surface area contributed by atoms with Crippen LogP contribution >= 0.6 is 0 Å². The van der Waals surface area contributed by atoms with E-state index in [-0.39, 0.29) is 24.2 Å². The van der Waals surface area contributed by atoms with Crippen LogP contribution in [0.4, 0.5) is 10.1 Å². The number of anilines is 1. The number of rotatable bonds is 1. The molecule has 5 heteroatoms. The van der Waals surface area contributed by atoms with Crippen molar-refractivity contribution in [3.63, 3.8) is 0 Å². The molecule has 0 spiro atoms. The van der Waals surface area contributed by atoms with E-state index in [1.165, 1.54) is 22.8 Å². The van der Waals surface area contributed by atoms with Gasteiger partial charge in [0.1, 0.15) is 11.9 Å². The molecule has 2 heterocycles. The van der Waals surface area contributed by atoms with Crippen LogP contribution in [0.3, 0.4) is 0 Å². The average Bonchev–Trinajstić information content (AvgIpc) is 2.85. The summed E-state index contributed by atoms with van der Waals surface area (Å²) in [5.74, 6) is -0.615. The standard InChI is InChI=1S/C16H17FN2O2/c1-11(20)19-14-7-3-2-5-12(14)9-15(19)16(21)18-8-4-6-13(17)10-18/h2-3,5-7,15H,4,8-10H2,1H3/t15-/m0/s1. The van der Waals surface area contributed by atoms with Crippen LogP contribution in [0.2, 0.25) is 0 Å². The maximum absolute atomic E-state index is 13.4. The van der Waals surface area contributed by atoms with Gasteiger partial charge in [0.25, 0.3) is 0 Å². The maximum atomic E-state index is 13.4. The molecule has 1 aromatic carbocycles. The van der Waals surface area contributed by atoms with Gasteiger partial charge in [0.05, 0.1) is 6.54 Å². The van der Waals surface area contributed by atoms with E-state index in [0.29, 0.717) is 19.4 Å². The van der Waals surface area contributed by atoms with E-state index in [9.17, 15) is 14.0 Å². The predicted molar refractivity (Wildman–Crippen MR) is 77.5 cm³/mol. The first-order valence-electron chi connectivity index (χ1n) is 7.09. The minimum absolute atomic E-state index is 0.0113. The third kappa shape index (κ3) is 2.44. The Hall–Kier alpha value is -2.17. The molecule has 0 unspecified atom stereocenters. The number of amides is 2. The lowest BCUT2D eigenvalue weighted by Crippen LogP contribution is -2.50. The number of fused-ring (bicyclic) bond motifs is 1. The number of para-hydroxylation sites is 1. The molecular weight excluding hydrogens is 271 g/mol. The van der Waals surface area contributed by atoms with Crippen LogP contribution < -0.4 is 4.90 Å². The molecule has 0 bridgehead atoms. The van der Waals surface area contributed by atoms with Crippen LogP contribution in [-0.2, 0) is 16.0 Å². The number of carbonyl (C=O) groups is 2. The fourth-order valence-corrected chi connectivity index (χ4v) is 3.07. The monoisotopic (exact) mass is 288 g/mol. The molecule has 0 fully saturated rings. The van der Waals surface area contributed by atoms with E-state index >= 15 is 0 Å². The largest absolute Gasteiger partial charge is 0.334 e. The first-order valence-corrected chi connectivity index (χ1v) is 7.09. The summed E-state index contributed by atoms with van der Waals surface area (Å²) < 4.78 is 13.4. The van der Waals surface area contributed by atoms with Crippen molar-refractivity contribution in [3.05, 3.63) is 41.7 Å². The zero-order valence-corrected chi connectivity index (χ0v) is 11.9. The number of hydrogen-bond donors (Lipinski definition) is 0. The predicted octanol–water partition coefficient (Wildman–Crippen LogP) is 2.05. The van der Waals surface area contributed by atoms with Gasteiger partial charge in [0.15, 0.2) is 0 Å². The normalized spacial score (nSPS) is 21.0. The smallest absolute Gasteiger partial charge is 0.246 e. The third-order valence-corrected chi connectivity index (χ3v) is 4.02. The minimum Gasteiger partial charge on any atom is -0.334 e. The highest BCUT2D eigenvalue weighted by molar-refractivity contribution is 6.02. The van der Waals surface area contributed by atoms with Crippen molar-refractivity contribution < 1.29 is 14.0 Å². The molecule has 3 rings (SSSR count). The number of carbonyl (C=O) groups excluding carboxylic acids is 2. The Labute approximate surface area is 122 Å². The lowest BCUT2D eigenvalue weighted by Gasteiger charge is -2.31. The lowest BCUT2D eigenvalue weighted by atomic mass is 10.1. The molecule has 2 amide bonds. The van der Waals surface area contributed by atoms with E-state index in [2.05, 4.69) is 0 Å². The van der Waals surface area contributed by atoms with Crippen LogP contribution in [0.1, 0.15) is 18.9 Å². The Morgan fingerprint density at radius 3 is 2.76 bits per heavy atom. The fourth-order valence-electron chi connectivity index (χ4n) is 3.07. The van der Waals surface area contributed by atoms with Gasteiger partial charge < -0.3 is 4.90 Å². The van der Waals surface area contributed by atoms with Crippen molar-refractivity contribution in [2.45, 2.75) is 25.8 Å². The summed E-state index contributed by atoms with van der Waals surface area (Å²) in [6.07, 6.45) is 2.53. The number of benzene rings is 1. The average molecular weight is 288 g/mol. The second-order valence-corrected chi connectivity index (χ2v) is 5.44. The Morgan fingerprint density at radius 2 is 2.05 bits per heavy atom. The number of hydrogen-bond acceptors (Lipinski definition) is 2. The highest BCUT2D eigenvalue weighted by Gasteiger charge is 2.39. The second kappa shape index (κ2) is 5.31. The summed E-state index contributed by atoms with van der Waals surface area (Å²) in [6, 6.07) is 6.97. The van der Waals surface area contributed by atoms with Crippen LogP contribution in [0.25, 0.3) is 0 Å². The SMILES string of the molecule is CC(=O)N1c2ccccc2C[C@H]1C(=O)N1CCC=C(F)C1. The zero-order chi connectivity index (χ0) is 15.0. The van der Waals surface area contributed by atoms with E-state index < -0.39 is 6.04 Å². The molecule has 0 saturated heterocycles. The highest BCUT2D eigenvalue weighted by atomic mass is 19.1. The molecule has 1 atom stereocenters. The molecule has 0 radical (unpaired) electrons. The quantitative estimate of drug-likeness (QED) is 0.793. The molecule has 0 saturated carbocycles. The van der Waals surface area contributed by atoms with Gasteiger partial charge in [-0.2, -0.15) is 0 Å². The van der Waals surface area contributed by atoms with Crippen molar-refractivity contribution in [2.24, 2.45) is 0 Å². The molecule has 21 heavy (non-hydrogen) atoms. The van der Waals surface area contributed by atoms with Gasteiger partial charge in [-0.1, -0.05) is 18.2 Å². The molecular formula is C16H17FN2O2. The molecule has 2 aliphatic rings. The topological polar surface area (TPSA) is 40.6 Å². The van der Waals surface area contributed by atoms with Gasteiger partial charge in [-0.15, -0.1) is 0 Å². The van der Waals surface area contributed by atoms with E-state index in [4.69, 9.17) is 0 Å². The first kappa shape index (κ1) is 13.8. The fraction of sp³-hybridized carbons (Fsp3) is 0.375. The molecule has 1 aromatic rings. The van der Waals surface area contributed by atoms with Crippen LogP contribution in [-0.4, -0.2) is 35.8 Å². The molecule has 0 aliphatic carbocycles. The van der Waals surface area contributed by atoms with E-state index in [1.807, 2.05) is 24.3 Å². The molecule has 2 aliphatic heterocycles. The minimum atomic E-state index is -0.550. The summed E-state index contributed by atoms with van der Waals surface area (Å²) >= 11 is 0. The van der Waals surface area contributed by atoms with Crippen molar-refractivity contribution in [1.82, 2.24) is 4.90 Å². The van der Waals surface area contributed by atoms with Gasteiger partial charge in [-0.3, -0.25) is 14.5 Å².